The molecular formula is C31H31F3N4O9S. The van der Waals surface area contributed by atoms with Crippen molar-refractivity contribution in [3.8, 4) is 0 Å². The van der Waals surface area contributed by atoms with Crippen LogP contribution in [-0.2, 0) is 29.1 Å². The molecule has 3 rings (SSSR count). The molecule has 0 heterocycles. The molecular weight excluding hydrogens is 661 g/mol. The molecule has 0 aliphatic carbocycles. The third kappa shape index (κ3) is 10.0. The summed E-state index contributed by atoms with van der Waals surface area (Å²) in [6.45, 7) is 0. The van der Waals surface area contributed by atoms with E-state index in [0.717, 1.165) is 44.6 Å². The van der Waals surface area contributed by atoms with E-state index in [-0.39, 0.29) is 0 Å². The molecule has 17 heteroatoms. The first kappa shape index (κ1) is 37.0. The fraction of sp³-hybridized carbons (Fsp3) is 0.258. The number of methoxy groups -OCH3 is 2. The molecule has 0 aromatic heterocycles. The molecule has 0 radical (unpaired) electrons. The summed E-state index contributed by atoms with van der Waals surface area (Å²) in [6.07, 6.45) is -6.69. The first-order valence-corrected chi connectivity index (χ1v) is 15.5. The molecule has 0 aliphatic heterocycles. The topological polar surface area (TPSA) is 183 Å². The molecule has 2 atom stereocenters. The van der Waals surface area contributed by atoms with Gasteiger partial charge < -0.3 is 20.1 Å². The van der Waals surface area contributed by atoms with Crippen LogP contribution >= 0.6 is 0 Å². The van der Waals surface area contributed by atoms with Gasteiger partial charge in [-0.15, -0.1) is 0 Å². The lowest BCUT2D eigenvalue weighted by atomic mass is 9.84. The highest BCUT2D eigenvalue weighted by atomic mass is 32.2. The number of hydrogen-bond acceptors (Lipinski definition) is 9. The summed E-state index contributed by atoms with van der Waals surface area (Å²) >= 11 is 0. The second-order valence-electron chi connectivity index (χ2n) is 10.1. The highest BCUT2D eigenvalue weighted by Crippen LogP contribution is 2.30. The van der Waals surface area contributed by atoms with Gasteiger partial charge in [0.15, 0.2) is 0 Å². The van der Waals surface area contributed by atoms with Gasteiger partial charge in [0.2, 0.25) is 5.91 Å². The van der Waals surface area contributed by atoms with Crippen LogP contribution in [0.1, 0.15) is 29.9 Å². The summed E-state index contributed by atoms with van der Waals surface area (Å²) < 4.78 is 79.5. The Morgan fingerprint density at radius 3 is 1.88 bits per heavy atom. The first-order valence-electron chi connectivity index (χ1n) is 14.0. The zero-order valence-electron chi connectivity index (χ0n) is 25.5. The van der Waals surface area contributed by atoms with Gasteiger partial charge in [0.25, 0.3) is 15.7 Å². The van der Waals surface area contributed by atoms with E-state index < -0.39 is 86.2 Å². The first-order chi connectivity index (χ1) is 22.7. The van der Waals surface area contributed by atoms with Crippen LogP contribution < -0.4 is 15.4 Å². The van der Waals surface area contributed by atoms with Gasteiger partial charge in [-0.25, -0.2) is 18.0 Å². The Hall–Kier alpha value is -5.45. The summed E-state index contributed by atoms with van der Waals surface area (Å²) in [6, 6.07) is 16.2. The Morgan fingerprint density at radius 1 is 0.875 bits per heavy atom. The van der Waals surface area contributed by atoms with Crippen LogP contribution in [0.2, 0.25) is 0 Å². The lowest BCUT2D eigenvalue weighted by molar-refractivity contribution is -0.384. The molecule has 256 valence electrons. The van der Waals surface area contributed by atoms with E-state index in [9.17, 15) is 46.1 Å². The fourth-order valence-electron chi connectivity index (χ4n) is 4.59. The molecule has 0 saturated carbocycles. The minimum absolute atomic E-state index is 0.402. The van der Waals surface area contributed by atoms with Crippen molar-refractivity contribution in [1.82, 2.24) is 15.4 Å². The Labute approximate surface area is 273 Å². The van der Waals surface area contributed by atoms with Crippen LogP contribution in [0.4, 0.5) is 23.7 Å². The number of ether oxygens (including phenoxy) is 2. The summed E-state index contributed by atoms with van der Waals surface area (Å²) in [5.74, 6) is -3.37. The highest BCUT2D eigenvalue weighted by Gasteiger charge is 2.43. The maximum atomic E-state index is 14.3. The molecule has 0 saturated heterocycles. The Kier molecular flexibility index (Phi) is 12.6. The van der Waals surface area contributed by atoms with Crippen molar-refractivity contribution in [3.63, 3.8) is 0 Å². The largest absolute Gasteiger partial charge is 0.464 e. The maximum absolute atomic E-state index is 14.3. The molecule has 3 N–H and O–H groups in total. The molecule has 0 fully saturated rings. The molecule has 3 aromatic carbocycles. The quantitative estimate of drug-likeness (QED) is 0.0959. The number of halogens is 3. The van der Waals surface area contributed by atoms with E-state index in [0.29, 0.717) is 11.1 Å². The van der Waals surface area contributed by atoms with E-state index in [1.165, 1.54) is 0 Å². The molecule has 1 unspecified atom stereocenters. The summed E-state index contributed by atoms with van der Waals surface area (Å²) in [4.78, 5) is 47.9. The number of carbonyl (C=O) groups excluding carboxylic acids is 3. The number of benzene rings is 3. The number of amides is 2. The number of allylic oxidation sites excluding steroid dienone is 1. The van der Waals surface area contributed by atoms with Crippen molar-refractivity contribution in [2.75, 3.05) is 14.2 Å². The number of rotatable bonds is 14. The number of nitrogens with zero attached hydrogens (tertiary/aromatic N) is 1. The average molecular weight is 693 g/mol. The van der Waals surface area contributed by atoms with E-state index in [4.69, 9.17) is 0 Å². The van der Waals surface area contributed by atoms with Gasteiger partial charge in [0.05, 0.1) is 24.0 Å². The number of non-ortho nitro benzene ring substituents is 1. The number of esters is 1. The summed E-state index contributed by atoms with van der Waals surface area (Å²) in [7, 11) is -2.58. The van der Waals surface area contributed by atoms with Crippen molar-refractivity contribution < 1.29 is 50.4 Å². The zero-order chi connectivity index (χ0) is 35.5. The Morgan fingerprint density at radius 2 is 1.42 bits per heavy atom. The number of carbonyl (C=O) groups is 3. The van der Waals surface area contributed by atoms with Gasteiger partial charge in [0.1, 0.15) is 17.8 Å². The van der Waals surface area contributed by atoms with Gasteiger partial charge in [-0.05, 0) is 36.1 Å². The zero-order valence-corrected chi connectivity index (χ0v) is 26.3. The van der Waals surface area contributed by atoms with E-state index in [1.54, 1.807) is 60.7 Å². The van der Waals surface area contributed by atoms with Crippen molar-refractivity contribution in [1.29, 1.82) is 0 Å². The summed E-state index contributed by atoms with van der Waals surface area (Å²) in [5.41, 5.74) is -0.119. The molecule has 0 spiro atoms. The Bertz CT molecular complexity index is 1680. The fourth-order valence-corrected chi connectivity index (χ4v) is 5.65. The van der Waals surface area contributed by atoms with E-state index in [1.807, 2.05) is 10.0 Å². The van der Waals surface area contributed by atoms with Gasteiger partial charge in [-0.2, -0.15) is 13.2 Å². The normalized spacial score (nSPS) is 13.2. The second kappa shape index (κ2) is 16.4. The number of hydrogen-bond donors (Lipinski definition) is 3. The van der Waals surface area contributed by atoms with Crippen LogP contribution in [0.15, 0.2) is 102 Å². The number of sulfonamides is 1. The number of nitro benzene ring substituents is 1. The van der Waals surface area contributed by atoms with Crippen molar-refractivity contribution in [2.45, 2.75) is 41.9 Å². The average Bonchev–Trinajstić information content (AvgIpc) is 3.07. The van der Waals surface area contributed by atoms with Crippen molar-refractivity contribution in [2.24, 2.45) is 0 Å². The van der Waals surface area contributed by atoms with Crippen LogP contribution in [0, 0.1) is 10.1 Å². The minimum Gasteiger partial charge on any atom is -0.464 e. The number of nitro groups is 1. The van der Waals surface area contributed by atoms with E-state index >= 15 is 0 Å². The number of alkyl halides is 3. The molecule has 0 bridgehead atoms. The highest BCUT2D eigenvalue weighted by molar-refractivity contribution is 7.89. The van der Waals surface area contributed by atoms with Crippen molar-refractivity contribution >= 4 is 33.7 Å². The van der Waals surface area contributed by atoms with Gasteiger partial charge in [0, 0.05) is 18.1 Å². The maximum Gasteiger partial charge on any atom is 0.408 e. The van der Waals surface area contributed by atoms with E-state index in [2.05, 4.69) is 14.8 Å². The molecule has 0 aliphatic rings. The predicted octanol–water partition coefficient (Wildman–Crippen LogP) is 4.31. The predicted molar refractivity (Wildman–Crippen MR) is 165 cm³/mol. The minimum atomic E-state index is -5.02. The van der Waals surface area contributed by atoms with Crippen LogP contribution in [0.5, 0.6) is 0 Å². The number of nitrogens with one attached hydrogen (secondary N) is 3. The SMILES string of the molecule is COC(=O)N[C@H](C(=O)NC(CC/C=C(/NS(=O)(=O)c1ccc([N+](=O)[O-])cc1)C(=O)OC)C(F)(F)F)C(c1ccccc1)c1ccccc1. The molecule has 2 amide bonds. The monoisotopic (exact) mass is 692 g/mol. The number of alkyl carbamates (subject to hydrolysis) is 1. The second-order valence-corrected chi connectivity index (χ2v) is 11.7. The third-order valence-electron chi connectivity index (χ3n) is 6.91. The lowest BCUT2D eigenvalue weighted by Crippen LogP contribution is -2.55. The van der Waals surface area contributed by atoms with Crippen molar-refractivity contribution in [3.05, 3.63) is 118 Å². The molecule has 13 nitrogen and oxygen atoms in total. The smallest absolute Gasteiger partial charge is 0.408 e. The third-order valence-corrected chi connectivity index (χ3v) is 8.30. The van der Waals surface area contributed by atoms with Crippen LogP contribution in [-0.4, -0.2) is 63.8 Å². The van der Waals surface area contributed by atoms with Gasteiger partial charge in [-0.3, -0.25) is 19.6 Å². The lowest BCUT2D eigenvalue weighted by Gasteiger charge is -2.30. The summed E-state index contributed by atoms with van der Waals surface area (Å²) in [5, 5.41) is 15.2. The molecule has 3 aromatic rings. The molecule has 48 heavy (non-hydrogen) atoms. The van der Waals surface area contributed by atoms with Gasteiger partial charge >= 0.3 is 18.2 Å². The van der Waals surface area contributed by atoms with Gasteiger partial charge in [-0.1, -0.05) is 66.7 Å². The standard InChI is InChI=1S/C31H31F3N4O9S/c1-46-29(40)24(37-48(44,45)23-18-16-22(17-19-23)38(42)43)14-9-15-25(31(32,33)34)35-28(39)27(36-30(41)47-2)26(20-10-5-3-6-11-20)21-12-7-4-8-13-21/h3-8,10-14,16-19,25-27,37H,9,15H2,1-2H3,(H,35,39)(H,36,41)/b24-14+/t25?,27-/m0/s1. The Balaban J connectivity index is 1.89. The van der Waals surface area contributed by atoms with Crippen LogP contribution in [0.25, 0.3) is 0 Å². The van der Waals surface area contributed by atoms with Crippen LogP contribution in [0.3, 0.4) is 0 Å².